The van der Waals surface area contributed by atoms with Crippen molar-refractivity contribution in [2.24, 2.45) is 0 Å². The Morgan fingerprint density at radius 1 is 1.17 bits per heavy atom. The van der Waals surface area contributed by atoms with Gasteiger partial charge in [0.2, 0.25) is 0 Å². The number of nitro groups is 1. The summed E-state index contributed by atoms with van der Waals surface area (Å²) in [7, 11) is 0. The minimum atomic E-state index is -0.606. The molecule has 10 heteroatoms. The summed E-state index contributed by atoms with van der Waals surface area (Å²) in [4.78, 5) is 35.3. The molecule has 0 fully saturated rings. The first-order valence-electron chi connectivity index (χ1n) is 8.76. The van der Waals surface area contributed by atoms with Crippen LogP contribution < -0.4 is 10.6 Å². The molecule has 2 amide bonds. The second-order valence-corrected chi connectivity index (χ2v) is 7.28. The van der Waals surface area contributed by atoms with Crippen LogP contribution in [0.2, 0.25) is 5.02 Å². The molecule has 0 saturated carbocycles. The fourth-order valence-corrected chi connectivity index (χ4v) is 3.81. The van der Waals surface area contributed by atoms with Crippen molar-refractivity contribution in [1.29, 1.82) is 0 Å². The van der Waals surface area contributed by atoms with Crippen LogP contribution in [0.15, 0.2) is 53.9 Å². The van der Waals surface area contributed by atoms with Crippen molar-refractivity contribution >= 4 is 51.3 Å². The molecule has 3 aromatic rings. The van der Waals surface area contributed by atoms with E-state index in [4.69, 9.17) is 16.3 Å². The average Bonchev–Trinajstić information content (AvgIpc) is 3.11. The van der Waals surface area contributed by atoms with Crippen LogP contribution in [0, 0.1) is 10.1 Å². The van der Waals surface area contributed by atoms with Crippen LogP contribution in [-0.4, -0.2) is 23.5 Å². The van der Waals surface area contributed by atoms with Gasteiger partial charge in [-0.2, -0.15) is 0 Å². The number of esters is 1. The minimum Gasteiger partial charge on any atom is -0.462 e. The molecule has 2 aromatic carbocycles. The van der Waals surface area contributed by atoms with Gasteiger partial charge in [0.1, 0.15) is 10.6 Å². The fourth-order valence-electron chi connectivity index (χ4n) is 2.66. The molecular weight excluding hydrogens is 430 g/mol. The first-order chi connectivity index (χ1) is 14.4. The van der Waals surface area contributed by atoms with Gasteiger partial charge in [0.25, 0.3) is 5.69 Å². The molecule has 3 rings (SSSR count). The van der Waals surface area contributed by atoms with Gasteiger partial charge in [-0.3, -0.25) is 15.4 Å². The molecule has 0 radical (unpaired) electrons. The monoisotopic (exact) mass is 445 g/mol. The summed E-state index contributed by atoms with van der Waals surface area (Å²) in [6.45, 7) is 1.83. The van der Waals surface area contributed by atoms with Crippen molar-refractivity contribution in [3.8, 4) is 11.1 Å². The van der Waals surface area contributed by atoms with E-state index in [1.807, 2.05) is 0 Å². The number of thiophene rings is 1. The predicted octanol–water partition coefficient (Wildman–Crippen LogP) is 5.80. The first-order valence-corrected chi connectivity index (χ1v) is 10.0. The third-order valence-corrected chi connectivity index (χ3v) is 5.10. The number of carbonyl (C=O) groups excluding carboxylic acids is 2. The molecule has 0 unspecified atom stereocenters. The second kappa shape index (κ2) is 9.38. The Balaban J connectivity index is 1.89. The van der Waals surface area contributed by atoms with E-state index in [9.17, 15) is 19.7 Å². The van der Waals surface area contributed by atoms with E-state index >= 15 is 0 Å². The average molecular weight is 446 g/mol. The number of hydrogen-bond donors (Lipinski definition) is 2. The second-order valence-electron chi connectivity index (χ2n) is 5.97. The summed E-state index contributed by atoms with van der Waals surface area (Å²) in [6, 6.07) is 11.9. The van der Waals surface area contributed by atoms with Crippen LogP contribution >= 0.6 is 22.9 Å². The standard InChI is InChI=1S/C20H16ClN3O5S/c1-2-29-19(25)17-16(12-6-8-15(9-7-12)24(27)28)11-30-18(17)23-20(26)22-14-5-3-4-13(21)10-14/h3-11H,2H2,1H3,(H2,22,23,26). The fraction of sp³-hybridized carbons (Fsp3) is 0.100. The molecule has 0 aliphatic rings. The Bertz CT molecular complexity index is 1100. The topological polar surface area (TPSA) is 111 Å². The highest BCUT2D eigenvalue weighted by atomic mass is 35.5. The van der Waals surface area contributed by atoms with Crippen LogP contribution in [0.25, 0.3) is 11.1 Å². The highest BCUT2D eigenvalue weighted by Crippen LogP contribution is 2.37. The smallest absolute Gasteiger partial charge is 0.341 e. The quantitative estimate of drug-likeness (QED) is 0.283. The number of nitro benzene ring substituents is 1. The van der Waals surface area contributed by atoms with Gasteiger partial charge in [0, 0.05) is 33.8 Å². The van der Waals surface area contributed by atoms with Gasteiger partial charge in [-0.15, -0.1) is 11.3 Å². The summed E-state index contributed by atoms with van der Waals surface area (Å²) in [5.41, 5.74) is 1.70. The molecule has 2 N–H and O–H groups in total. The highest BCUT2D eigenvalue weighted by Gasteiger charge is 2.23. The molecular formula is C20H16ClN3O5S. The Hall–Kier alpha value is -3.43. The minimum absolute atomic E-state index is 0.0640. The zero-order valence-electron chi connectivity index (χ0n) is 15.7. The van der Waals surface area contributed by atoms with Crippen LogP contribution in [0.5, 0.6) is 0 Å². The number of urea groups is 1. The van der Waals surface area contributed by atoms with E-state index in [-0.39, 0.29) is 17.9 Å². The van der Waals surface area contributed by atoms with Crippen LogP contribution in [0.4, 0.5) is 21.2 Å². The van der Waals surface area contributed by atoms with Gasteiger partial charge in [-0.25, -0.2) is 9.59 Å². The van der Waals surface area contributed by atoms with Crippen molar-refractivity contribution in [3.63, 3.8) is 0 Å². The van der Waals surface area contributed by atoms with Crippen molar-refractivity contribution in [1.82, 2.24) is 0 Å². The Morgan fingerprint density at radius 3 is 2.53 bits per heavy atom. The number of benzene rings is 2. The van der Waals surface area contributed by atoms with Crippen molar-refractivity contribution in [3.05, 3.63) is 74.6 Å². The van der Waals surface area contributed by atoms with Crippen molar-refractivity contribution in [2.45, 2.75) is 6.92 Å². The van der Waals surface area contributed by atoms with Crippen molar-refractivity contribution in [2.75, 3.05) is 17.2 Å². The van der Waals surface area contributed by atoms with E-state index in [1.165, 1.54) is 12.1 Å². The lowest BCUT2D eigenvalue weighted by Gasteiger charge is -2.10. The summed E-state index contributed by atoms with van der Waals surface area (Å²) >= 11 is 7.06. The number of hydrogen-bond acceptors (Lipinski definition) is 6. The maximum atomic E-state index is 12.6. The normalized spacial score (nSPS) is 10.3. The molecule has 0 bridgehead atoms. The third kappa shape index (κ3) is 4.94. The van der Waals surface area contributed by atoms with Gasteiger partial charge in [-0.1, -0.05) is 17.7 Å². The Labute approximate surface area is 180 Å². The number of nitrogens with one attached hydrogen (secondary N) is 2. The predicted molar refractivity (Wildman–Crippen MR) is 116 cm³/mol. The van der Waals surface area contributed by atoms with Crippen LogP contribution in [0.1, 0.15) is 17.3 Å². The molecule has 154 valence electrons. The number of ether oxygens (including phenoxy) is 1. The van der Waals surface area contributed by atoms with E-state index in [0.717, 1.165) is 11.3 Å². The van der Waals surface area contributed by atoms with E-state index in [0.29, 0.717) is 26.8 Å². The lowest BCUT2D eigenvalue weighted by molar-refractivity contribution is -0.384. The van der Waals surface area contributed by atoms with Gasteiger partial charge in [0.15, 0.2) is 0 Å². The number of carbonyl (C=O) groups is 2. The lowest BCUT2D eigenvalue weighted by Crippen LogP contribution is -2.20. The maximum Gasteiger partial charge on any atom is 0.341 e. The molecule has 0 aliphatic heterocycles. The number of nitrogens with zero attached hydrogens (tertiary/aromatic N) is 1. The van der Waals surface area contributed by atoms with Gasteiger partial charge in [0.05, 0.1) is 11.5 Å². The zero-order chi connectivity index (χ0) is 21.7. The molecule has 0 saturated heterocycles. The SMILES string of the molecule is CCOC(=O)c1c(-c2ccc([N+](=O)[O-])cc2)csc1NC(=O)Nc1cccc(Cl)c1. The molecule has 1 aromatic heterocycles. The molecule has 0 atom stereocenters. The summed E-state index contributed by atoms with van der Waals surface area (Å²) in [6.07, 6.45) is 0. The number of anilines is 2. The lowest BCUT2D eigenvalue weighted by atomic mass is 10.0. The van der Waals surface area contributed by atoms with Crippen LogP contribution in [0.3, 0.4) is 0 Å². The molecule has 0 aliphatic carbocycles. The number of halogens is 1. The summed E-state index contributed by atoms with van der Waals surface area (Å²) in [5.74, 6) is -0.606. The van der Waals surface area contributed by atoms with Crippen LogP contribution in [-0.2, 0) is 4.74 Å². The number of amides is 2. The summed E-state index contributed by atoms with van der Waals surface area (Å²) in [5, 5.41) is 18.6. The van der Waals surface area contributed by atoms with Crippen molar-refractivity contribution < 1.29 is 19.2 Å². The van der Waals surface area contributed by atoms with E-state index in [2.05, 4.69) is 10.6 Å². The number of rotatable bonds is 6. The van der Waals surface area contributed by atoms with E-state index < -0.39 is 16.9 Å². The summed E-state index contributed by atoms with van der Waals surface area (Å²) < 4.78 is 5.14. The maximum absolute atomic E-state index is 12.6. The largest absolute Gasteiger partial charge is 0.462 e. The van der Waals surface area contributed by atoms with E-state index in [1.54, 1.807) is 48.7 Å². The van der Waals surface area contributed by atoms with Gasteiger partial charge >= 0.3 is 12.0 Å². The number of non-ortho nitro benzene ring substituents is 1. The van der Waals surface area contributed by atoms with Gasteiger partial charge < -0.3 is 10.1 Å². The first kappa shape index (κ1) is 21.3. The third-order valence-electron chi connectivity index (χ3n) is 3.97. The molecule has 30 heavy (non-hydrogen) atoms. The molecule has 1 heterocycles. The Morgan fingerprint density at radius 2 is 1.90 bits per heavy atom. The molecule has 0 spiro atoms. The Kier molecular flexibility index (Phi) is 6.65. The zero-order valence-corrected chi connectivity index (χ0v) is 17.3. The molecule has 8 nitrogen and oxygen atoms in total. The highest BCUT2D eigenvalue weighted by molar-refractivity contribution is 7.15. The van der Waals surface area contributed by atoms with Gasteiger partial charge in [-0.05, 0) is 42.8 Å².